The summed E-state index contributed by atoms with van der Waals surface area (Å²) in [6.07, 6.45) is 2.54. The maximum absolute atomic E-state index is 11.0. The van der Waals surface area contributed by atoms with Crippen molar-refractivity contribution >= 4 is 11.6 Å². The molecule has 74 valence electrons. The van der Waals surface area contributed by atoms with E-state index in [1.807, 2.05) is 4.90 Å². The summed E-state index contributed by atoms with van der Waals surface area (Å²) >= 11 is 0. The Morgan fingerprint density at radius 1 is 1.29 bits per heavy atom. The van der Waals surface area contributed by atoms with Crippen LogP contribution in [-0.2, 0) is 4.79 Å². The molecular formula is C8H10N4O2. The largest absolute Gasteiger partial charge is 0.363 e. The zero-order valence-corrected chi connectivity index (χ0v) is 7.56. The summed E-state index contributed by atoms with van der Waals surface area (Å²) in [6.45, 7) is 1.24. The minimum absolute atomic E-state index is 0.263. The molecule has 1 N–H and O–H groups in total. The van der Waals surface area contributed by atoms with Crippen molar-refractivity contribution < 1.29 is 4.79 Å². The number of aromatic amines is 1. The van der Waals surface area contributed by atoms with Crippen LogP contribution >= 0.6 is 0 Å². The maximum Gasteiger partial charge on any atom is 0.363 e. The lowest BCUT2D eigenvalue weighted by Gasteiger charge is -2.25. The number of nitrogens with zero attached hydrogens (tertiary/aromatic N) is 3. The van der Waals surface area contributed by atoms with Gasteiger partial charge in [0.25, 0.3) is 0 Å². The summed E-state index contributed by atoms with van der Waals surface area (Å²) in [5.74, 6) is 0.806. The van der Waals surface area contributed by atoms with Gasteiger partial charge in [0, 0.05) is 25.9 Å². The Morgan fingerprint density at radius 2 is 2.00 bits per heavy atom. The molecule has 0 saturated carbocycles. The van der Waals surface area contributed by atoms with E-state index in [1.165, 1.54) is 6.20 Å². The Labute approximate surface area is 80.0 Å². The second-order valence-corrected chi connectivity index (χ2v) is 3.17. The SMILES string of the molecule is O=C1CCN(c2cn[nH]c(=O)n2)CC1. The molecule has 0 atom stereocenters. The van der Waals surface area contributed by atoms with Gasteiger partial charge in [0.15, 0.2) is 5.82 Å². The minimum atomic E-state index is -0.459. The van der Waals surface area contributed by atoms with Crippen LogP contribution in [0, 0.1) is 0 Å². The predicted molar refractivity (Wildman–Crippen MR) is 49.1 cm³/mol. The van der Waals surface area contributed by atoms with Crippen LogP contribution in [0.1, 0.15) is 12.8 Å². The van der Waals surface area contributed by atoms with Gasteiger partial charge in [-0.3, -0.25) is 4.79 Å². The lowest BCUT2D eigenvalue weighted by molar-refractivity contribution is -0.119. The van der Waals surface area contributed by atoms with Crippen LogP contribution in [0.5, 0.6) is 0 Å². The molecule has 1 aromatic heterocycles. The number of carbonyl (C=O) groups is 1. The van der Waals surface area contributed by atoms with Gasteiger partial charge in [0.05, 0.1) is 6.20 Å². The highest BCUT2D eigenvalue weighted by Crippen LogP contribution is 2.12. The van der Waals surface area contributed by atoms with E-state index in [0.29, 0.717) is 31.7 Å². The average molecular weight is 194 g/mol. The topological polar surface area (TPSA) is 79.0 Å². The number of ketones is 1. The molecule has 1 aromatic rings. The maximum atomic E-state index is 11.0. The molecular weight excluding hydrogens is 184 g/mol. The lowest BCUT2D eigenvalue weighted by Crippen LogP contribution is -2.35. The molecule has 0 radical (unpaired) electrons. The van der Waals surface area contributed by atoms with Gasteiger partial charge < -0.3 is 4.90 Å². The van der Waals surface area contributed by atoms with Crippen molar-refractivity contribution in [1.29, 1.82) is 0 Å². The van der Waals surface area contributed by atoms with Gasteiger partial charge in [-0.05, 0) is 0 Å². The highest BCUT2D eigenvalue weighted by atomic mass is 16.1. The third-order valence-electron chi connectivity index (χ3n) is 2.20. The number of aromatic nitrogens is 3. The Hall–Kier alpha value is -1.72. The van der Waals surface area contributed by atoms with Gasteiger partial charge in [0.1, 0.15) is 5.78 Å². The zero-order valence-electron chi connectivity index (χ0n) is 7.56. The van der Waals surface area contributed by atoms with Crippen LogP contribution in [0.15, 0.2) is 11.0 Å². The molecule has 0 aliphatic carbocycles. The molecule has 6 heteroatoms. The lowest BCUT2D eigenvalue weighted by atomic mass is 10.1. The van der Waals surface area contributed by atoms with E-state index in [1.54, 1.807) is 0 Å². The van der Waals surface area contributed by atoms with Crippen molar-refractivity contribution in [3.8, 4) is 0 Å². The first-order valence-electron chi connectivity index (χ1n) is 4.44. The first-order chi connectivity index (χ1) is 6.75. The summed E-state index contributed by atoms with van der Waals surface area (Å²) in [7, 11) is 0. The number of nitrogens with one attached hydrogen (secondary N) is 1. The van der Waals surface area contributed by atoms with Crippen molar-refractivity contribution in [2.75, 3.05) is 18.0 Å². The smallest absolute Gasteiger partial charge is 0.354 e. The molecule has 1 aliphatic heterocycles. The summed E-state index contributed by atoms with van der Waals surface area (Å²) in [4.78, 5) is 27.5. The fourth-order valence-electron chi connectivity index (χ4n) is 1.44. The average Bonchev–Trinajstić information content (AvgIpc) is 2.19. The van der Waals surface area contributed by atoms with Crippen LogP contribution in [-0.4, -0.2) is 34.1 Å². The normalized spacial score (nSPS) is 17.1. The Kier molecular flexibility index (Phi) is 2.26. The van der Waals surface area contributed by atoms with E-state index in [2.05, 4.69) is 15.2 Å². The highest BCUT2D eigenvalue weighted by Gasteiger charge is 2.17. The molecule has 0 amide bonds. The standard InChI is InChI=1S/C8H10N4O2/c13-6-1-3-12(4-2-6)7-5-9-11-8(14)10-7/h5H,1-4H2,(H,10,11,14). The number of hydrogen-bond acceptors (Lipinski definition) is 5. The summed E-state index contributed by atoms with van der Waals surface area (Å²) in [5.41, 5.74) is -0.459. The van der Waals surface area contributed by atoms with Crippen molar-refractivity contribution in [3.05, 3.63) is 16.7 Å². The Bertz CT molecular complexity index is 390. The molecule has 2 rings (SSSR count). The number of anilines is 1. The zero-order chi connectivity index (χ0) is 9.97. The third-order valence-corrected chi connectivity index (χ3v) is 2.20. The van der Waals surface area contributed by atoms with Crippen LogP contribution in [0.3, 0.4) is 0 Å². The predicted octanol–water partition coefficient (Wildman–Crippen LogP) is -0.666. The van der Waals surface area contributed by atoms with E-state index in [9.17, 15) is 9.59 Å². The second-order valence-electron chi connectivity index (χ2n) is 3.17. The third kappa shape index (κ3) is 1.78. The number of Topliss-reactive ketones (excluding diaryl/α,β-unsaturated/α-hetero) is 1. The van der Waals surface area contributed by atoms with Gasteiger partial charge in [0.2, 0.25) is 0 Å². The minimum Gasteiger partial charge on any atom is -0.354 e. The van der Waals surface area contributed by atoms with Crippen molar-refractivity contribution in [1.82, 2.24) is 15.2 Å². The molecule has 0 spiro atoms. The molecule has 0 unspecified atom stereocenters. The highest BCUT2D eigenvalue weighted by molar-refractivity contribution is 5.80. The van der Waals surface area contributed by atoms with E-state index in [4.69, 9.17) is 0 Å². The molecule has 0 bridgehead atoms. The van der Waals surface area contributed by atoms with E-state index < -0.39 is 5.69 Å². The Balaban J connectivity index is 2.16. The van der Waals surface area contributed by atoms with Crippen molar-refractivity contribution in [2.24, 2.45) is 0 Å². The summed E-state index contributed by atoms with van der Waals surface area (Å²) < 4.78 is 0. The van der Waals surface area contributed by atoms with Crippen LogP contribution in [0.2, 0.25) is 0 Å². The van der Waals surface area contributed by atoms with E-state index in [0.717, 1.165) is 0 Å². The van der Waals surface area contributed by atoms with Gasteiger partial charge in [-0.2, -0.15) is 10.1 Å². The van der Waals surface area contributed by atoms with Gasteiger partial charge in [-0.15, -0.1) is 0 Å². The first-order valence-corrected chi connectivity index (χ1v) is 4.44. The quantitative estimate of drug-likeness (QED) is 0.641. The fourth-order valence-corrected chi connectivity index (χ4v) is 1.44. The van der Waals surface area contributed by atoms with E-state index >= 15 is 0 Å². The van der Waals surface area contributed by atoms with Gasteiger partial charge in [-0.25, -0.2) is 9.89 Å². The van der Waals surface area contributed by atoms with Crippen LogP contribution < -0.4 is 10.6 Å². The number of H-pyrrole nitrogens is 1. The molecule has 6 nitrogen and oxygen atoms in total. The van der Waals surface area contributed by atoms with Gasteiger partial charge in [-0.1, -0.05) is 0 Å². The molecule has 0 aromatic carbocycles. The van der Waals surface area contributed by atoms with Crippen molar-refractivity contribution in [2.45, 2.75) is 12.8 Å². The first kappa shape index (κ1) is 8.86. The monoisotopic (exact) mass is 194 g/mol. The summed E-state index contributed by atoms with van der Waals surface area (Å²) in [6, 6.07) is 0. The van der Waals surface area contributed by atoms with Crippen LogP contribution in [0.4, 0.5) is 5.82 Å². The van der Waals surface area contributed by atoms with E-state index in [-0.39, 0.29) is 5.78 Å². The Morgan fingerprint density at radius 3 is 2.64 bits per heavy atom. The summed E-state index contributed by atoms with van der Waals surface area (Å²) in [5, 5.41) is 5.86. The number of carbonyl (C=O) groups excluding carboxylic acids is 1. The number of hydrogen-bond donors (Lipinski definition) is 1. The van der Waals surface area contributed by atoms with Crippen molar-refractivity contribution in [3.63, 3.8) is 0 Å². The number of rotatable bonds is 1. The van der Waals surface area contributed by atoms with Gasteiger partial charge >= 0.3 is 5.69 Å². The molecule has 1 fully saturated rings. The molecule has 1 saturated heterocycles. The fraction of sp³-hybridized carbons (Fsp3) is 0.500. The second kappa shape index (κ2) is 3.57. The molecule has 14 heavy (non-hydrogen) atoms. The molecule has 1 aliphatic rings. The van der Waals surface area contributed by atoms with Crippen LogP contribution in [0.25, 0.3) is 0 Å². The molecule has 2 heterocycles. The number of piperidine rings is 1.